The maximum atomic E-state index is 12.5. The molecule has 1 aliphatic rings. The third kappa shape index (κ3) is 7.59. The average molecular weight is 580 g/mol. The van der Waals surface area contributed by atoms with Gasteiger partial charge < -0.3 is 0 Å². The Hall–Kier alpha value is -0.821. The predicted molar refractivity (Wildman–Crippen MR) is 148 cm³/mol. The number of primary amides is 1. The van der Waals surface area contributed by atoms with Crippen molar-refractivity contribution in [2.75, 3.05) is 11.5 Å². The van der Waals surface area contributed by atoms with Crippen LogP contribution in [0.15, 0.2) is 12.3 Å². The summed E-state index contributed by atoms with van der Waals surface area (Å²) in [4.78, 5) is 20.1. The molecule has 2 rings (SSSR count). The van der Waals surface area contributed by atoms with Crippen molar-refractivity contribution in [2.24, 2.45) is 11.7 Å². The number of anilines is 1. The molecule has 194 valence electrons. The van der Waals surface area contributed by atoms with Gasteiger partial charge in [0.2, 0.25) is 0 Å². The first-order chi connectivity index (χ1) is 16.3. The van der Waals surface area contributed by atoms with Crippen LogP contribution in [0.4, 0.5) is 5.69 Å². The number of amides is 1. The summed E-state index contributed by atoms with van der Waals surface area (Å²) in [6.45, 7) is 11.6. The van der Waals surface area contributed by atoms with Crippen LogP contribution in [-0.4, -0.2) is 53.1 Å². The second kappa shape index (κ2) is 14.7. The Morgan fingerprint density at radius 3 is 2.00 bits per heavy atom. The van der Waals surface area contributed by atoms with E-state index in [9.17, 15) is 9.90 Å². The fourth-order valence-corrected chi connectivity index (χ4v) is 21.3. The summed E-state index contributed by atoms with van der Waals surface area (Å²) in [5.74, 6) is 0.0371. The fourth-order valence-electron chi connectivity index (χ4n) is 5.95. The molecule has 0 radical (unpaired) electrons. The van der Waals surface area contributed by atoms with Gasteiger partial charge in [-0.2, -0.15) is 0 Å². The Morgan fingerprint density at radius 2 is 1.59 bits per heavy atom. The van der Waals surface area contributed by atoms with Crippen LogP contribution in [0.1, 0.15) is 109 Å². The van der Waals surface area contributed by atoms with Crippen LogP contribution in [0.3, 0.4) is 0 Å². The van der Waals surface area contributed by atoms with Gasteiger partial charge in [-0.15, -0.1) is 0 Å². The first kappa shape index (κ1) is 29.4. The normalized spacial score (nSPS) is 18.9. The van der Waals surface area contributed by atoms with Crippen molar-refractivity contribution < 1.29 is 9.90 Å². The van der Waals surface area contributed by atoms with E-state index >= 15 is 0 Å². The number of rotatable bonds is 15. The summed E-state index contributed by atoms with van der Waals surface area (Å²) in [5, 5.41) is 9.62. The Morgan fingerprint density at radius 1 is 1.06 bits per heavy atom. The molecule has 0 spiro atoms. The number of nitrogens with zero attached hydrogens (tertiary/aromatic N) is 2. The molecule has 1 amide bonds. The zero-order valence-corrected chi connectivity index (χ0v) is 25.5. The number of carbonyl (C=O) groups excluding carboxylic acids is 1. The number of aromatic nitrogens is 1. The molecule has 3 N–H and O–H groups in total. The van der Waals surface area contributed by atoms with E-state index in [1.807, 2.05) is 6.20 Å². The van der Waals surface area contributed by atoms with Gasteiger partial charge in [-0.1, -0.05) is 0 Å². The van der Waals surface area contributed by atoms with Gasteiger partial charge in [-0.05, 0) is 0 Å². The first-order valence-electron chi connectivity index (χ1n) is 14.0. The van der Waals surface area contributed by atoms with E-state index in [4.69, 9.17) is 10.7 Å². The van der Waals surface area contributed by atoms with Crippen LogP contribution in [0.25, 0.3) is 0 Å². The Bertz CT molecular complexity index is 725. The average Bonchev–Trinajstić information content (AvgIpc) is 2.84. The summed E-state index contributed by atoms with van der Waals surface area (Å²) in [6, 6.07) is 2.98. The van der Waals surface area contributed by atoms with Crippen molar-refractivity contribution in [2.45, 2.75) is 124 Å². The zero-order chi connectivity index (χ0) is 25.1. The third-order valence-corrected chi connectivity index (χ3v) is 23.1. The van der Waals surface area contributed by atoms with E-state index in [0.29, 0.717) is 17.5 Å². The molecule has 0 unspecified atom stereocenters. The van der Waals surface area contributed by atoms with Crippen molar-refractivity contribution in [1.29, 1.82) is 0 Å². The van der Waals surface area contributed by atoms with Crippen LogP contribution in [0.2, 0.25) is 13.3 Å². The standard InChI is InChI=1S/C16H24N3O2.3C4H9.Sn/c1-11(2)19(13-5-3-12(10-20)4-6-13)15-7-8-18-9-14(15)16(17)21;3*1-3-4-2;/h7,9,11-13,20H,3-6,10H2,1-2H3,(H2,17,21);3*1,3-4H2,2H3;. The number of carbonyl (C=O) groups is 1. The SMILES string of the molecule is CCC[CH2][Sn]([CH2]CCC)([CH2]CCC)[c]1cc(N(C(C)C)C2CCC(CO)CC2)c(C(N)=O)cn1. The van der Waals surface area contributed by atoms with E-state index in [1.165, 1.54) is 55.5 Å². The van der Waals surface area contributed by atoms with Crippen molar-refractivity contribution in [3.05, 3.63) is 17.8 Å². The molecule has 5 nitrogen and oxygen atoms in total. The summed E-state index contributed by atoms with van der Waals surface area (Å²) in [7, 11) is 0. The molecular formula is C28H51N3O2Sn. The molecule has 6 heteroatoms. The summed E-state index contributed by atoms with van der Waals surface area (Å²) < 4.78 is 5.43. The van der Waals surface area contributed by atoms with E-state index in [1.54, 1.807) is 0 Å². The minimum absolute atomic E-state index is 0.274. The van der Waals surface area contributed by atoms with Crippen molar-refractivity contribution >= 4 is 33.7 Å². The predicted octanol–water partition coefficient (Wildman–Crippen LogP) is 6.00. The number of pyridine rings is 1. The van der Waals surface area contributed by atoms with E-state index in [0.717, 1.165) is 31.4 Å². The van der Waals surface area contributed by atoms with E-state index in [-0.39, 0.29) is 18.6 Å². The van der Waals surface area contributed by atoms with Gasteiger partial charge >= 0.3 is 214 Å². The third-order valence-electron chi connectivity index (χ3n) is 8.02. The molecule has 1 aromatic heterocycles. The monoisotopic (exact) mass is 581 g/mol. The number of nitrogens with two attached hydrogens (primary N) is 1. The number of hydrogen-bond donors (Lipinski definition) is 2. The molecule has 34 heavy (non-hydrogen) atoms. The van der Waals surface area contributed by atoms with Crippen LogP contribution in [0, 0.1) is 5.92 Å². The molecular weight excluding hydrogens is 529 g/mol. The molecule has 0 aromatic carbocycles. The van der Waals surface area contributed by atoms with Crippen LogP contribution in [0.5, 0.6) is 0 Å². The Labute approximate surface area is 213 Å². The van der Waals surface area contributed by atoms with Gasteiger partial charge in [-0.3, -0.25) is 0 Å². The zero-order valence-electron chi connectivity index (χ0n) is 22.6. The molecule has 0 atom stereocenters. The number of unbranched alkanes of at least 4 members (excludes halogenated alkanes) is 3. The van der Waals surface area contributed by atoms with Gasteiger partial charge in [0.05, 0.1) is 0 Å². The van der Waals surface area contributed by atoms with Gasteiger partial charge in [0.25, 0.3) is 0 Å². The minimum atomic E-state index is -2.74. The van der Waals surface area contributed by atoms with Crippen LogP contribution >= 0.6 is 0 Å². The van der Waals surface area contributed by atoms with E-state index < -0.39 is 18.4 Å². The Kier molecular flexibility index (Phi) is 12.7. The molecule has 0 aliphatic heterocycles. The van der Waals surface area contributed by atoms with Crippen molar-refractivity contribution in [1.82, 2.24) is 4.98 Å². The maximum absolute atomic E-state index is 12.5. The first-order valence-corrected chi connectivity index (χ1v) is 21.5. The van der Waals surface area contributed by atoms with Gasteiger partial charge in [0.15, 0.2) is 0 Å². The summed E-state index contributed by atoms with van der Waals surface area (Å²) >= 11 is -2.74. The molecule has 1 saturated carbocycles. The summed E-state index contributed by atoms with van der Waals surface area (Å²) in [5.41, 5.74) is 7.50. The molecule has 0 bridgehead atoms. The molecule has 0 saturated heterocycles. The van der Waals surface area contributed by atoms with E-state index in [2.05, 4.69) is 45.6 Å². The number of aliphatic hydroxyl groups excluding tert-OH is 1. The van der Waals surface area contributed by atoms with Crippen LogP contribution in [-0.2, 0) is 0 Å². The molecule has 1 fully saturated rings. The second-order valence-electron chi connectivity index (χ2n) is 10.9. The molecule has 1 aromatic rings. The Balaban J connectivity index is 2.57. The van der Waals surface area contributed by atoms with Crippen molar-refractivity contribution in [3.63, 3.8) is 0 Å². The number of hydrogen-bond acceptors (Lipinski definition) is 4. The second-order valence-corrected chi connectivity index (χ2v) is 24.0. The van der Waals surface area contributed by atoms with Crippen molar-refractivity contribution in [3.8, 4) is 0 Å². The molecule has 1 aliphatic carbocycles. The quantitative estimate of drug-likeness (QED) is 0.250. The molecule has 1 heterocycles. The van der Waals surface area contributed by atoms with Gasteiger partial charge in [-0.25, -0.2) is 0 Å². The topological polar surface area (TPSA) is 79.5 Å². The number of aliphatic hydroxyl groups is 1. The van der Waals surface area contributed by atoms with Crippen LogP contribution < -0.4 is 14.3 Å². The van der Waals surface area contributed by atoms with Gasteiger partial charge in [0.1, 0.15) is 0 Å². The fraction of sp³-hybridized carbons (Fsp3) is 0.786. The summed E-state index contributed by atoms with van der Waals surface area (Å²) in [6.07, 6.45) is 13.6. The van der Waals surface area contributed by atoms with Gasteiger partial charge in [0, 0.05) is 0 Å².